The predicted octanol–water partition coefficient (Wildman–Crippen LogP) is 5.41. The zero-order valence-electron chi connectivity index (χ0n) is 9.58. The van der Waals surface area contributed by atoms with E-state index in [1.54, 1.807) is 18.2 Å². The van der Waals surface area contributed by atoms with E-state index in [-0.39, 0.29) is 0 Å². The molecule has 2 N–H and O–H groups in total. The molecular weight excluding hydrogens is 414 g/mol. The summed E-state index contributed by atoms with van der Waals surface area (Å²) in [6.45, 7) is 0. The van der Waals surface area contributed by atoms with Crippen molar-refractivity contribution in [2.75, 3.05) is 10.6 Å². The van der Waals surface area contributed by atoms with Crippen LogP contribution in [0.4, 0.5) is 11.4 Å². The van der Waals surface area contributed by atoms with Crippen molar-refractivity contribution >= 4 is 74.5 Å². The lowest BCUT2D eigenvalue weighted by atomic mass is 10.3. The van der Waals surface area contributed by atoms with Gasteiger partial charge in [0.2, 0.25) is 0 Å². The van der Waals surface area contributed by atoms with Gasteiger partial charge in [0.05, 0.1) is 10.7 Å². The van der Waals surface area contributed by atoms with Crippen LogP contribution in [0.1, 0.15) is 0 Å². The number of halogens is 3. The van der Waals surface area contributed by atoms with E-state index in [0.29, 0.717) is 20.8 Å². The molecule has 0 atom stereocenters. The molecule has 0 saturated carbocycles. The number of anilines is 2. The predicted molar refractivity (Wildman–Crippen MR) is 95.5 cm³/mol. The Bertz CT molecular complexity index is 602. The maximum Gasteiger partial charge on any atom is 0.175 e. The van der Waals surface area contributed by atoms with Crippen molar-refractivity contribution in [1.82, 2.24) is 0 Å². The number of nitrogens with one attached hydrogen (secondary N) is 2. The quantitative estimate of drug-likeness (QED) is 0.500. The highest BCUT2D eigenvalue weighted by Gasteiger charge is 2.03. The van der Waals surface area contributed by atoms with Gasteiger partial charge in [-0.2, -0.15) is 0 Å². The van der Waals surface area contributed by atoms with Gasteiger partial charge in [0.1, 0.15) is 0 Å². The van der Waals surface area contributed by atoms with E-state index in [9.17, 15) is 0 Å². The largest absolute Gasteiger partial charge is 0.332 e. The van der Waals surface area contributed by atoms with Crippen molar-refractivity contribution < 1.29 is 0 Å². The standard InChI is InChI=1S/C13H9Cl2IN2S/c14-8-1-6-12(11(15)7-8)18-13(19)17-10-4-2-9(16)3-5-10/h1-7H,(H2,17,18,19). The van der Waals surface area contributed by atoms with Crippen LogP contribution in [0.15, 0.2) is 42.5 Å². The van der Waals surface area contributed by atoms with E-state index in [1.807, 2.05) is 24.3 Å². The van der Waals surface area contributed by atoms with Crippen LogP contribution in [-0.2, 0) is 0 Å². The summed E-state index contributed by atoms with van der Waals surface area (Å²) in [7, 11) is 0. The minimum absolute atomic E-state index is 0.477. The van der Waals surface area contributed by atoms with Crippen LogP contribution < -0.4 is 10.6 Å². The Morgan fingerprint density at radius 1 is 1.00 bits per heavy atom. The van der Waals surface area contributed by atoms with Crippen LogP contribution in [0.3, 0.4) is 0 Å². The second kappa shape index (κ2) is 6.74. The fourth-order valence-corrected chi connectivity index (χ4v) is 2.45. The van der Waals surface area contributed by atoms with E-state index in [1.165, 1.54) is 3.57 Å². The third-order valence-electron chi connectivity index (χ3n) is 2.28. The Morgan fingerprint density at radius 2 is 1.68 bits per heavy atom. The van der Waals surface area contributed by atoms with Crippen LogP contribution >= 0.6 is 58.0 Å². The Hall–Kier alpha value is -0.560. The maximum absolute atomic E-state index is 6.06. The summed E-state index contributed by atoms with van der Waals surface area (Å²) in [6, 6.07) is 13.1. The molecule has 0 spiro atoms. The SMILES string of the molecule is S=C(Nc1ccc(I)cc1)Nc1ccc(Cl)cc1Cl. The van der Waals surface area contributed by atoms with Crippen molar-refractivity contribution in [2.45, 2.75) is 0 Å². The van der Waals surface area contributed by atoms with E-state index in [0.717, 1.165) is 5.69 Å². The third-order valence-corrected chi connectivity index (χ3v) is 3.75. The summed E-state index contributed by atoms with van der Waals surface area (Å²) in [6.07, 6.45) is 0. The van der Waals surface area contributed by atoms with Gasteiger partial charge in [0.25, 0.3) is 0 Å². The molecule has 0 bridgehead atoms. The van der Waals surface area contributed by atoms with Gasteiger partial charge in [-0.1, -0.05) is 23.2 Å². The molecular formula is C13H9Cl2IN2S. The first-order chi connectivity index (χ1) is 9.04. The Kier molecular flexibility index (Phi) is 5.27. The molecule has 2 rings (SSSR count). The summed E-state index contributed by atoms with van der Waals surface area (Å²) in [4.78, 5) is 0. The van der Waals surface area contributed by atoms with E-state index in [4.69, 9.17) is 35.4 Å². The first-order valence-electron chi connectivity index (χ1n) is 5.33. The van der Waals surface area contributed by atoms with E-state index in [2.05, 4.69) is 33.2 Å². The third kappa shape index (κ3) is 4.49. The maximum atomic E-state index is 6.06. The molecule has 0 aliphatic carbocycles. The molecule has 98 valence electrons. The molecule has 2 nitrogen and oxygen atoms in total. The number of hydrogen-bond acceptors (Lipinski definition) is 1. The topological polar surface area (TPSA) is 24.1 Å². The van der Waals surface area contributed by atoms with E-state index >= 15 is 0 Å². The van der Waals surface area contributed by atoms with Crippen LogP contribution in [0, 0.1) is 3.57 Å². The number of rotatable bonds is 2. The molecule has 19 heavy (non-hydrogen) atoms. The van der Waals surface area contributed by atoms with Gasteiger partial charge in [0, 0.05) is 14.3 Å². The van der Waals surface area contributed by atoms with Gasteiger partial charge in [-0.3, -0.25) is 0 Å². The summed E-state index contributed by atoms with van der Waals surface area (Å²) in [5.41, 5.74) is 1.64. The minimum Gasteiger partial charge on any atom is -0.332 e. The minimum atomic E-state index is 0.477. The average molecular weight is 423 g/mol. The average Bonchev–Trinajstić information content (AvgIpc) is 2.36. The molecule has 0 aliphatic rings. The van der Waals surface area contributed by atoms with Gasteiger partial charge >= 0.3 is 0 Å². The molecule has 0 unspecified atom stereocenters. The fraction of sp³-hybridized carbons (Fsp3) is 0. The Balaban J connectivity index is 2.03. The molecule has 2 aromatic rings. The van der Waals surface area contributed by atoms with Crippen LogP contribution in [-0.4, -0.2) is 5.11 Å². The monoisotopic (exact) mass is 422 g/mol. The molecule has 0 saturated heterocycles. The van der Waals surface area contributed by atoms with Gasteiger partial charge in [-0.05, 0) is 77.3 Å². The van der Waals surface area contributed by atoms with E-state index < -0.39 is 0 Å². The lowest BCUT2D eigenvalue weighted by molar-refractivity contribution is 1.58. The van der Waals surface area contributed by atoms with Crippen LogP contribution in [0.25, 0.3) is 0 Å². The molecule has 2 aromatic carbocycles. The molecule has 0 radical (unpaired) electrons. The highest BCUT2D eigenvalue weighted by atomic mass is 127. The lowest BCUT2D eigenvalue weighted by Crippen LogP contribution is -2.19. The summed E-state index contributed by atoms with van der Waals surface area (Å²) in [5.74, 6) is 0. The molecule has 0 amide bonds. The molecule has 0 heterocycles. The molecule has 0 fully saturated rings. The zero-order chi connectivity index (χ0) is 13.8. The smallest absolute Gasteiger partial charge is 0.175 e. The lowest BCUT2D eigenvalue weighted by Gasteiger charge is -2.12. The van der Waals surface area contributed by atoms with Gasteiger partial charge in [-0.25, -0.2) is 0 Å². The summed E-state index contributed by atoms with van der Waals surface area (Å²) < 4.78 is 1.17. The first-order valence-corrected chi connectivity index (χ1v) is 7.57. The van der Waals surface area contributed by atoms with Crippen molar-refractivity contribution in [3.63, 3.8) is 0 Å². The molecule has 0 aliphatic heterocycles. The van der Waals surface area contributed by atoms with Crippen LogP contribution in [0.2, 0.25) is 10.0 Å². The highest BCUT2D eigenvalue weighted by Crippen LogP contribution is 2.25. The van der Waals surface area contributed by atoms with Gasteiger partial charge in [-0.15, -0.1) is 0 Å². The highest BCUT2D eigenvalue weighted by molar-refractivity contribution is 14.1. The molecule has 6 heteroatoms. The van der Waals surface area contributed by atoms with Crippen LogP contribution in [0.5, 0.6) is 0 Å². The molecule has 0 aromatic heterocycles. The van der Waals surface area contributed by atoms with Crippen molar-refractivity contribution in [2.24, 2.45) is 0 Å². The normalized spacial score (nSPS) is 10.1. The van der Waals surface area contributed by atoms with Gasteiger partial charge < -0.3 is 10.6 Å². The first kappa shape index (κ1) is 14.8. The summed E-state index contributed by atoms with van der Waals surface area (Å²) in [5, 5.41) is 7.71. The van der Waals surface area contributed by atoms with Crippen molar-refractivity contribution in [1.29, 1.82) is 0 Å². The number of hydrogen-bond donors (Lipinski definition) is 2. The fourth-order valence-electron chi connectivity index (χ4n) is 1.41. The second-order valence-corrected chi connectivity index (χ2v) is 6.21. The number of benzene rings is 2. The Labute approximate surface area is 140 Å². The second-order valence-electron chi connectivity index (χ2n) is 3.71. The summed E-state index contributed by atoms with van der Waals surface area (Å²) >= 11 is 19.4. The van der Waals surface area contributed by atoms with Gasteiger partial charge in [0.15, 0.2) is 5.11 Å². The zero-order valence-corrected chi connectivity index (χ0v) is 14.1. The Morgan fingerprint density at radius 3 is 2.32 bits per heavy atom. The van der Waals surface area contributed by atoms with Crippen molar-refractivity contribution in [3.8, 4) is 0 Å². The number of thiocarbonyl (C=S) groups is 1. The van der Waals surface area contributed by atoms with Crippen molar-refractivity contribution in [3.05, 3.63) is 56.1 Å².